The molecule has 9 heteroatoms. The fraction of sp³-hybridized carbons (Fsp3) is 0.560. The molecule has 4 atom stereocenters. The van der Waals surface area contributed by atoms with E-state index in [0.717, 1.165) is 23.5 Å². The molecule has 4 rings (SSSR count). The first-order valence-electron chi connectivity index (χ1n) is 12.1. The predicted molar refractivity (Wildman–Crippen MR) is 135 cm³/mol. The Hall–Kier alpha value is -2.26. The molecular weight excluding hydrogens is 452 g/mol. The molecule has 0 bridgehead atoms. The molecule has 1 fully saturated rings. The largest absolute Gasteiger partial charge is 0.378 e. The molecule has 0 spiro atoms. The Balaban J connectivity index is 1.51. The van der Waals surface area contributed by atoms with E-state index in [1.165, 1.54) is 6.33 Å². The number of aromatic nitrogens is 2. The van der Waals surface area contributed by atoms with Gasteiger partial charge in [-0.3, -0.25) is 9.69 Å². The molecule has 1 saturated heterocycles. The number of nitrogens with zero attached hydrogens (tertiary/aromatic N) is 4. The summed E-state index contributed by atoms with van der Waals surface area (Å²) >= 11 is 6.11. The summed E-state index contributed by atoms with van der Waals surface area (Å²) in [6.45, 7) is 11.2. The van der Waals surface area contributed by atoms with Crippen molar-refractivity contribution >= 4 is 29.1 Å². The van der Waals surface area contributed by atoms with Crippen molar-refractivity contribution in [1.29, 1.82) is 0 Å². The lowest BCUT2D eigenvalue weighted by Crippen LogP contribution is -2.57. The molecule has 1 unspecified atom stereocenters. The fourth-order valence-electron chi connectivity index (χ4n) is 5.00. The quantitative estimate of drug-likeness (QED) is 0.553. The second-order valence-electron chi connectivity index (χ2n) is 9.78. The van der Waals surface area contributed by atoms with E-state index in [-0.39, 0.29) is 23.8 Å². The number of piperazine rings is 1. The van der Waals surface area contributed by atoms with Gasteiger partial charge < -0.3 is 20.6 Å². The number of halogens is 1. The van der Waals surface area contributed by atoms with E-state index in [1.807, 2.05) is 31.2 Å². The number of rotatable bonds is 7. The maximum Gasteiger partial charge on any atom is 0.226 e. The molecule has 8 nitrogen and oxygen atoms in total. The summed E-state index contributed by atoms with van der Waals surface area (Å²) < 4.78 is 0. The Morgan fingerprint density at radius 3 is 2.62 bits per heavy atom. The first-order valence-corrected chi connectivity index (χ1v) is 12.4. The molecule has 34 heavy (non-hydrogen) atoms. The van der Waals surface area contributed by atoms with Gasteiger partial charge in [-0.1, -0.05) is 44.5 Å². The highest BCUT2D eigenvalue weighted by Crippen LogP contribution is 2.37. The van der Waals surface area contributed by atoms with E-state index in [9.17, 15) is 9.90 Å². The Morgan fingerprint density at radius 2 is 1.94 bits per heavy atom. The van der Waals surface area contributed by atoms with Gasteiger partial charge in [0, 0.05) is 61.2 Å². The van der Waals surface area contributed by atoms with Gasteiger partial charge in [0.25, 0.3) is 0 Å². The number of anilines is 2. The highest BCUT2D eigenvalue weighted by molar-refractivity contribution is 6.30. The smallest absolute Gasteiger partial charge is 0.226 e. The summed E-state index contributed by atoms with van der Waals surface area (Å²) in [6, 6.07) is 8.22. The van der Waals surface area contributed by atoms with Crippen molar-refractivity contribution in [1.82, 2.24) is 20.2 Å². The zero-order chi connectivity index (χ0) is 24.4. The zero-order valence-corrected chi connectivity index (χ0v) is 21.1. The maximum atomic E-state index is 12.0. The topological polar surface area (TPSA) is 93.6 Å². The molecular formula is C25H35ClN6O2. The van der Waals surface area contributed by atoms with Gasteiger partial charge in [0.2, 0.25) is 5.91 Å². The number of fused-ring (bicyclic) bond motifs is 1. The van der Waals surface area contributed by atoms with Gasteiger partial charge in [0.1, 0.15) is 24.2 Å². The van der Waals surface area contributed by atoms with Crippen LogP contribution in [0.15, 0.2) is 30.6 Å². The van der Waals surface area contributed by atoms with Gasteiger partial charge in [-0.25, -0.2) is 9.97 Å². The molecule has 1 amide bonds. The van der Waals surface area contributed by atoms with Gasteiger partial charge in [0.15, 0.2) is 0 Å². The third-order valence-corrected chi connectivity index (χ3v) is 7.07. The zero-order valence-electron chi connectivity index (χ0n) is 20.3. The van der Waals surface area contributed by atoms with Crippen LogP contribution in [0.1, 0.15) is 57.1 Å². The summed E-state index contributed by atoms with van der Waals surface area (Å²) in [7, 11) is 0. The van der Waals surface area contributed by atoms with Crippen LogP contribution in [0.2, 0.25) is 5.02 Å². The minimum atomic E-state index is -0.630. The fourth-order valence-corrected chi connectivity index (χ4v) is 5.12. The maximum absolute atomic E-state index is 12.0. The Morgan fingerprint density at radius 1 is 1.21 bits per heavy atom. The van der Waals surface area contributed by atoms with Crippen LogP contribution in [0.5, 0.6) is 0 Å². The van der Waals surface area contributed by atoms with Crippen molar-refractivity contribution in [2.45, 2.75) is 64.3 Å². The average molecular weight is 487 g/mol. The third-order valence-electron chi connectivity index (χ3n) is 6.81. The van der Waals surface area contributed by atoms with Crippen molar-refractivity contribution in [2.75, 3.05) is 36.4 Å². The van der Waals surface area contributed by atoms with E-state index < -0.39 is 6.23 Å². The predicted octanol–water partition coefficient (Wildman–Crippen LogP) is 3.19. The number of carbonyl (C=O) groups is 1. The van der Waals surface area contributed by atoms with Crippen molar-refractivity contribution in [3.8, 4) is 0 Å². The summed E-state index contributed by atoms with van der Waals surface area (Å²) in [5, 5.41) is 18.5. The van der Waals surface area contributed by atoms with Crippen molar-refractivity contribution in [3.05, 3.63) is 46.7 Å². The molecule has 1 aromatic carbocycles. The van der Waals surface area contributed by atoms with Crippen molar-refractivity contribution in [3.63, 3.8) is 0 Å². The number of benzene rings is 1. The minimum absolute atomic E-state index is 0.00566. The van der Waals surface area contributed by atoms with Crippen LogP contribution in [-0.4, -0.2) is 70.4 Å². The summed E-state index contributed by atoms with van der Waals surface area (Å²) in [6.07, 6.45) is 1.33. The second kappa shape index (κ2) is 10.6. The standard InChI is InChI=1S/C25H35ClN6O2/c1-15(2)27-12-20(18-5-7-19(26)8-6-18)25(34)31-9-10-32(17(4)13-31)24-22-16(3)11-21(33)30-23(22)28-14-29-24/h5-8,14-17,20,25,27,34H,9-13H2,1-4H3,(H,28,29,30,33)/t16-,17-,20-,25?/m1/s1. The van der Waals surface area contributed by atoms with Gasteiger partial charge in [0.05, 0.1) is 0 Å². The summed E-state index contributed by atoms with van der Waals surface area (Å²) in [5.41, 5.74) is 2.07. The number of hydrogen-bond acceptors (Lipinski definition) is 7. The molecule has 0 aliphatic carbocycles. The van der Waals surface area contributed by atoms with Crippen LogP contribution < -0.4 is 15.5 Å². The van der Waals surface area contributed by atoms with Gasteiger partial charge in [-0.15, -0.1) is 0 Å². The van der Waals surface area contributed by atoms with E-state index in [4.69, 9.17) is 11.6 Å². The SMILES string of the molecule is CC(C)NC[C@H](c1ccc(Cl)cc1)C(O)N1CCN(c2ncnc3c2[C@H](C)CC(=O)N3)[C@H](C)C1. The lowest BCUT2D eigenvalue weighted by Gasteiger charge is -2.45. The van der Waals surface area contributed by atoms with Crippen molar-refractivity contribution < 1.29 is 9.90 Å². The first kappa shape index (κ1) is 24.9. The number of amides is 1. The first-order chi connectivity index (χ1) is 16.2. The molecule has 2 aliphatic rings. The van der Waals surface area contributed by atoms with Gasteiger partial charge >= 0.3 is 0 Å². The van der Waals surface area contributed by atoms with Crippen molar-refractivity contribution in [2.24, 2.45) is 0 Å². The molecule has 3 N–H and O–H groups in total. The Kier molecular flexibility index (Phi) is 7.72. The molecule has 184 valence electrons. The average Bonchev–Trinajstić information content (AvgIpc) is 2.79. The number of carbonyl (C=O) groups excluding carboxylic acids is 1. The minimum Gasteiger partial charge on any atom is -0.378 e. The third kappa shape index (κ3) is 5.35. The van der Waals surface area contributed by atoms with Gasteiger partial charge in [-0.2, -0.15) is 0 Å². The molecule has 0 saturated carbocycles. The summed E-state index contributed by atoms with van der Waals surface area (Å²) in [4.78, 5) is 25.3. The number of nitrogens with one attached hydrogen (secondary N) is 2. The number of aliphatic hydroxyl groups is 1. The van der Waals surface area contributed by atoms with E-state index in [1.54, 1.807) is 0 Å². The Bertz CT molecular complexity index is 1000. The normalized spacial score (nSPS) is 22.9. The molecule has 1 aromatic heterocycles. The van der Waals surface area contributed by atoms with Crippen LogP contribution in [-0.2, 0) is 4.79 Å². The van der Waals surface area contributed by atoms with Crippen LogP contribution in [0.3, 0.4) is 0 Å². The molecule has 2 aliphatic heterocycles. The van der Waals surface area contributed by atoms with Crippen LogP contribution in [0.4, 0.5) is 11.6 Å². The highest BCUT2D eigenvalue weighted by atomic mass is 35.5. The van der Waals surface area contributed by atoms with Crippen LogP contribution in [0.25, 0.3) is 0 Å². The molecule has 0 radical (unpaired) electrons. The molecule has 3 heterocycles. The second-order valence-corrected chi connectivity index (χ2v) is 10.2. The van der Waals surface area contributed by atoms with E-state index >= 15 is 0 Å². The summed E-state index contributed by atoms with van der Waals surface area (Å²) in [5.74, 6) is 1.47. The van der Waals surface area contributed by atoms with Crippen LogP contribution >= 0.6 is 11.6 Å². The van der Waals surface area contributed by atoms with Gasteiger partial charge in [-0.05, 0) is 30.5 Å². The Labute approximate surface area is 206 Å². The monoisotopic (exact) mass is 486 g/mol. The van der Waals surface area contributed by atoms with E-state index in [2.05, 4.69) is 51.2 Å². The number of hydrogen-bond donors (Lipinski definition) is 3. The lowest BCUT2D eigenvalue weighted by molar-refractivity contribution is -0.116. The van der Waals surface area contributed by atoms with Crippen LogP contribution in [0, 0.1) is 0 Å². The highest BCUT2D eigenvalue weighted by Gasteiger charge is 2.36. The number of aliphatic hydroxyl groups excluding tert-OH is 1. The lowest BCUT2D eigenvalue weighted by atomic mass is 9.93. The molecule has 2 aromatic rings. The van der Waals surface area contributed by atoms with E-state index in [0.29, 0.717) is 42.9 Å².